The topological polar surface area (TPSA) is 18.5 Å². The summed E-state index contributed by atoms with van der Waals surface area (Å²) in [6, 6.07) is 1.26. The lowest BCUT2D eigenvalue weighted by Crippen LogP contribution is -2.66. The van der Waals surface area contributed by atoms with E-state index in [-0.39, 0.29) is 0 Å². The van der Waals surface area contributed by atoms with Crippen LogP contribution in [-0.2, 0) is 0 Å². The third-order valence-electron chi connectivity index (χ3n) is 4.04. The fourth-order valence-corrected chi connectivity index (χ4v) is 3.04. The molecule has 0 spiro atoms. The van der Waals surface area contributed by atoms with Gasteiger partial charge < -0.3 is 5.32 Å². The molecule has 3 heteroatoms. The fraction of sp³-hybridized carbons (Fsp3) is 0.857. The Balaban J connectivity index is 1.92. The lowest BCUT2D eigenvalue weighted by molar-refractivity contribution is -0.00420. The van der Waals surface area contributed by atoms with Crippen LogP contribution in [0, 0.1) is 12.3 Å². The van der Waals surface area contributed by atoms with Crippen LogP contribution in [0.5, 0.6) is 0 Å². The Labute approximate surface area is 106 Å². The minimum absolute atomic E-state index is 0.578. The van der Waals surface area contributed by atoms with Gasteiger partial charge in [-0.15, -0.1) is 12.3 Å². The highest BCUT2D eigenvalue weighted by Gasteiger charge is 2.35. The predicted molar refractivity (Wildman–Crippen MR) is 71.9 cm³/mol. The maximum atomic E-state index is 5.41. The van der Waals surface area contributed by atoms with Crippen LogP contribution in [0.2, 0.25) is 0 Å². The Morgan fingerprint density at radius 3 is 2.65 bits per heavy atom. The van der Waals surface area contributed by atoms with Crippen molar-refractivity contribution in [2.45, 2.75) is 38.3 Å². The first-order chi connectivity index (χ1) is 8.35. The Hall–Kier alpha value is -0.560. The standard InChI is InChI=1S/C14H25N3/c1-3-5-6-13(15-7-4-2)14-12-16-8-10-17(14)11-9-16/h1,13-15H,4-12H2,2H3. The summed E-state index contributed by atoms with van der Waals surface area (Å²) in [5.74, 6) is 2.79. The lowest BCUT2D eigenvalue weighted by atomic mass is 9.96. The van der Waals surface area contributed by atoms with E-state index < -0.39 is 0 Å². The fourth-order valence-electron chi connectivity index (χ4n) is 3.04. The number of hydrogen-bond donors (Lipinski definition) is 1. The van der Waals surface area contributed by atoms with Crippen LogP contribution in [0.3, 0.4) is 0 Å². The van der Waals surface area contributed by atoms with Gasteiger partial charge in [0.25, 0.3) is 0 Å². The van der Waals surface area contributed by atoms with Crippen LogP contribution in [-0.4, -0.2) is 61.2 Å². The van der Waals surface area contributed by atoms with Crippen molar-refractivity contribution >= 4 is 0 Å². The molecule has 0 saturated carbocycles. The molecule has 0 aromatic rings. The van der Waals surface area contributed by atoms with Gasteiger partial charge in [0.15, 0.2) is 0 Å². The first-order valence-corrected chi connectivity index (χ1v) is 6.98. The van der Waals surface area contributed by atoms with Crippen molar-refractivity contribution in [2.24, 2.45) is 0 Å². The Morgan fingerprint density at radius 2 is 2.12 bits per heavy atom. The van der Waals surface area contributed by atoms with E-state index in [1.54, 1.807) is 0 Å². The van der Waals surface area contributed by atoms with Crippen molar-refractivity contribution in [3.8, 4) is 12.3 Å². The average Bonchev–Trinajstić information content (AvgIpc) is 2.40. The van der Waals surface area contributed by atoms with E-state index in [1.165, 1.54) is 39.1 Å². The number of piperazine rings is 3. The van der Waals surface area contributed by atoms with Crippen molar-refractivity contribution in [3.05, 3.63) is 0 Å². The van der Waals surface area contributed by atoms with Gasteiger partial charge in [-0.05, 0) is 19.4 Å². The van der Waals surface area contributed by atoms with Gasteiger partial charge in [-0.25, -0.2) is 0 Å². The highest BCUT2D eigenvalue weighted by atomic mass is 15.4. The van der Waals surface area contributed by atoms with Crippen molar-refractivity contribution in [3.63, 3.8) is 0 Å². The summed E-state index contributed by atoms with van der Waals surface area (Å²) in [7, 11) is 0. The molecule has 1 N–H and O–H groups in total. The van der Waals surface area contributed by atoms with Gasteiger partial charge in [0, 0.05) is 51.2 Å². The zero-order chi connectivity index (χ0) is 12.1. The molecular formula is C14H25N3. The molecule has 17 heavy (non-hydrogen) atoms. The highest BCUT2D eigenvalue weighted by molar-refractivity contribution is 4.96. The SMILES string of the molecule is C#CCCC(NCCC)C1CN2CCN1CC2. The lowest BCUT2D eigenvalue weighted by Gasteiger charge is -2.50. The summed E-state index contributed by atoms with van der Waals surface area (Å²) in [6.45, 7) is 9.56. The molecule has 2 bridgehead atoms. The molecule has 0 aromatic carbocycles. The second kappa shape index (κ2) is 6.39. The molecule has 3 heterocycles. The second-order valence-electron chi connectivity index (χ2n) is 5.21. The molecule has 0 aromatic heterocycles. The maximum absolute atomic E-state index is 5.41. The first-order valence-electron chi connectivity index (χ1n) is 6.98. The molecular weight excluding hydrogens is 210 g/mol. The van der Waals surface area contributed by atoms with Gasteiger partial charge in [-0.2, -0.15) is 0 Å². The predicted octanol–water partition coefficient (Wildman–Crippen LogP) is 0.768. The van der Waals surface area contributed by atoms with E-state index in [1.807, 2.05) is 0 Å². The molecule has 3 nitrogen and oxygen atoms in total. The summed E-state index contributed by atoms with van der Waals surface area (Å²) in [6.07, 6.45) is 8.62. The summed E-state index contributed by atoms with van der Waals surface area (Å²) < 4.78 is 0. The van der Waals surface area contributed by atoms with Gasteiger partial charge >= 0.3 is 0 Å². The smallest absolute Gasteiger partial charge is 0.0377 e. The maximum Gasteiger partial charge on any atom is 0.0377 e. The summed E-state index contributed by atoms with van der Waals surface area (Å²) in [5, 5.41) is 3.69. The third kappa shape index (κ3) is 3.22. The van der Waals surface area contributed by atoms with Crippen LogP contribution < -0.4 is 5.32 Å². The molecule has 3 saturated heterocycles. The quantitative estimate of drug-likeness (QED) is 0.686. The summed E-state index contributed by atoms with van der Waals surface area (Å²) in [4.78, 5) is 5.25. The van der Waals surface area contributed by atoms with E-state index in [9.17, 15) is 0 Å². The number of terminal acetylenes is 1. The van der Waals surface area contributed by atoms with Gasteiger partial charge in [-0.1, -0.05) is 6.92 Å². The summed E-state index contributed by atoms with van der Waals surface area (Å²) >= 11 is 0. The molecule has 3 rings (SSSR count). The number of nitrogens with zero attached hydrogens (tertiary/aromatic N) is 2. The molecule has 3 aliphatic rings. The highest BCUT2D eigenvalue weighted by Crippen LogP contribution is 2.20. The van der Waals surface area contributed by atoms with E-state index in [0.29, 0.717) is 12.1 Å². The number of rotatable bonds is 6. The average molecular weight is 235 g/mol. The van der Waals surface area contributed by atoms with Gasteiger partial charge in [0.05, 0.1) is 0 Å². The molecule has 0 radical (unpaired) electrons. The third-order valence-corrected chi connectivity index (χ3v) is 4.04. The number of fused-ring (bicyclic) bond motifs is 3. The molecule has 2 atom stereocenters. The monoisotopic (exact) mass is 235 g/mol. The molecule has 96 valence electrons. The van der Waals surface area contributed by atoms with Crippen LogP contribution >= 0.6 is 0 Å². The van der Waals surface area contributed by atoms with Gasteiger partial charge in [-0.3, -0.25) is 9.80 Å². The van der Waals surface area contributed by atoms with E-state index in [0.717, 1.165) is 19.4 Å². The zero-order valence-corrected chi connectivity index (χ0v) is 11.0. The van der Waals surface area contributed by atoms with Crippen molar-refractivity contribution in [2.75, 3.05) is 39.3 Å². The van der Waals surface area contributed by atoms with Crippen LogP contribution in [0.25, 0.3) is 0 Å². The zero-order valence-electron chi connectivity index (χ0n) is 11.0. The van der Waals surface area contributed by atoms with Crippen molar-refractivity contribution in [1.29, 1.82) is 0 Å². The molecule has 0 aliphatic carbocycles. The summed E-state index contributed by atoms with van der Waals surface area (Å²) in [5.41, 5.74) is 0. The van der Waals surface area contributed by atoms with Gasteiger partial charge in [0.1, 0.15) is 0 Å². The Kier molecular flexibility index (Phi) is 4.85. The molecule has 3 aliphatic heterocycles. The van der Waals surface area contributed by atoms with E-state index in [4.69, 9.17) is 6.42 Å². The first kappa shape index (κ1) is 12.9. The minimum atomic E-state index is 0.578. The molecule has 0 amide bonds. The Bertz CT molecular complexity index is 263. The largest absolute Gasteiger partial charge is 0.312 e. The van der Waals surface area contributed by atoms with Crippen molar-refractivity contribution in [1.82, 2.24) is 15.1 Å². The van der Waals surface area contributed by atoms with Crippen molar-refractivity contribution < 1.29 is 0 Å². The molecule has 2 unspecified atom stereocenters. The molecule has 3 fully saturated rings. The normalized spacial score (nSPS) is 33.3. The minimum Gasteiger partial charge on any atom is -0.312 e. The number of nitrogens with one attached hydrogen (secondary N) is 1. The van der Waals surface area contributed by atoms with Crippen LogP contribution in [0.4, 0.5) is 0 Å². The second-order valence-corrected chi connectivity index (χ2v) is 5.21. The Morgan fingerprint density at radius 1 is 1.35 bits per heavy atom. The van der Waals surface area contributed by atoms with Gasteiger partial charge in [0.2, 0.25) is 0 Å². The van der Waals surface area contributed by atoms with E-state index >= 15 is 0 Å². The van der Waals surface area contributed by atoms with Crippen LogP contribution in [0.1, 0.15) is 26.2 Å². The number of hydrogen-bond acceptors (Lipinski definition) is 3. The van der Waals surface area contributed by atoms with Crippen LogP contribution in [0.15, 0.2) is 0 Å². The van der Waals surface area contributed by atoms with E-state index in [2.05, 4.69) is 28.0 Å².